The maximum absolute atomic E-state index is 12.0. The standard InChI is InChI=1S/C37H30P3.C6F5.4CO.Au.Mo/c1-7-19-31(20-8-1)38(32-21-9-2-10-22-32)37(39(33-23-11-3-12-24-33)34-25-13-4-14-26-34)40(35-27-15-5-16-28-35)36-29-17-6-18-30-36;7-2-1-3(8)5(10)6(11)4(2)9;4*1-2;;/h1-30H;;;;;;;/q2*-1;;;;;;. The van der Waals surface area contributed by atoms with Crippen molar-refractivity contribution in [3.8, 4) is 0 Å². The fraction of sp³-hybridized carbons (Fsp3) is 0. The van der Waals surface area contributed by atoms with E-state index in [1.54, 1.807) is 5.14 Å². The quantitative estimate of drug-likeness (QED) is 0.0263. The van der Waals surface area contributed by atoms with Crippen LogP contribution in [0.25, 0.3) is 0 Å². The van der Waals surface area contributed by atoms with Gasteiger partial charge in [0, 0.05) is 43.4 Å². The normalized spacial score (nSPS) is 9.46. The topological polar surface area (TPSA) is 79.6 Å². The molecule has 1 radical (unpaired) electrons. The first-order valence-electron chi connectivity index (χ1n) is 16.7. The van der Waals surface area contributed by atoms with E-state index in [4.69, 9.17) is 18.6 Å². The molecular formula is C47H30AuF5MoO4P3-2. The molecule has 14 heteroatoms. The fourth-order valence-corrected chi connectivity index (χ4v) is 17.1. The van der Waals surface area contributed by atoms with Crippen LogP contribution in [-0.2, 0) is 62.1 Å². The Bertz CT molecular complexity index is 1970. The monoisotopic (exact) mass is 1140 g/mol. The summed E-state index contributed by atoms with van der Waals surface area (Å²) >= 11 is 0. The number of rotatable bonds is 9. The second-order valence-corrected chi connectivity index (χ2v) is 18.5. The summed E-state index contributed by atoms with van der Waals surface area (Å²) in [4.78, 5) is 0. The molecule has 0 N–H and O–H groups in total. The molecule has 311 valence electrons. The SMILES string of the molecule is Fc1[c-]c(F)c(F)c(F)c1F.[Au].[C-]#[O+].[C-]#[O+].[C-]#[O+].[C-]#[O+].[Mo].c1ccc(P(c2ccccc2)[C-](P(c2ccccc2)c2ccccc2)P(c2ccccc2)c2ccccc2)cc1. The minimum atomic E-state index is -2.17. The number of benzene rings is 7. The van der Waals surface area contributed by atoms with Crippen molar-refractivity contribution in [1.29, 1.82) is 0 Å². The predicted molar refractivity (Wildman–Crippen MR) is 221 cm³/mol. The summed E-state index contributed by atoms with van der Waals surface area (Å²) in [7, 11) is -2.44. The molecule has 0 saturated carbocycles. The second-order valence-electron chi connectivity index (χ2n) is 11.0. The zero-order valence-corrected chi connectivity index (χ0v) is 38.3. The van der Waals surface area contributed by atoms with E-state index in [2.05, 4.69) is 209 Å². The smallest absolute Gasteiger partial charge is 0 e. The molecule has 7 aromatic rings. The van der Waals surface area contributed by atoms with E-state index in [1.807, 2.05) is 0 Å². The molecule has 0 bridgehead atoms. The molecule has 0 heterocycles. The van der Waals surface area contributed by atoms with Gasteiger partial charge in [-0.2, -0.15) is 23.8 Å². The minimum absolute atomic E-state index is 0. The zero-order chi connectivity index (χ0) is 43.6. The van der Waals surface area contributed by atoms with Gasteiger partial charge >= 0.3 is 45.2 Å². The largest absolute Gasteiger partial charge is 0.210 e. The third-order valence-electron chi connectivity index (χ3n) is 7.68. The third-order valence-corrected chi connectivity index (χ3v) is 17.4. The molecule has 0 atom stereocenters. The van der Waals surface area contributed by atoms with Crippen molar-refractivity contribution < 1.29 is 84.0 Å². The fourth-order valence-electron chi connectivity index (χ4n) is 5.40. The van der Waals surface area contributed by atoms with E-state index in [0.29, 0.717) is 0 Å². The van der Waals surface area contributed by atoms with Crippen LogP contribution in [0.3, 0.4) is 0 Å². The van der Waals surface area contributed by atoms with Crippen molar-refractivity contribution >= 4 is 55.6 Å². The van der Waals surface area contributed by atoms with Gasteiger partial charge in [0.1, 0.15) is 0 Å². The Morgan fingerprint density at radius 2 is 0.492 bits per heavy atom. The van der Waals surface area contributed by atoms with Gasteiger partial charge in [0.25, 0.3) is 0 Å². The van der Waals surface area contributed by atoms with Crippen LogP contribution in [0, 0.1) is 66.9 Å². The Morgan fingerprint density at radius 1 is 0.328 bits per heavy atom. The van der Waals surface area contributed by atoms with E-state index < -0.39 is 52.9 Å². The van der Waals surface area contributed by atoms with Gasteiger partial charge in [-0.05, 0) is 31.8 Å². The van der Waals surface area contributed by atoms with Crippen LogP contribution < -0.4 is 31.8 Å². The van der Waals surface area contributed by atoms with Gasteiger partial charge in [-0.15, -0.1) is 6.07 Å². The molecule has 61 heavy (non-hydrogen) atoms. The van der Waals surface area contributed by atoms with Crippen LogP contribution in [0.4, 0.5) is 22.0 Å². The first-order valence-corrected chi connectivity index (χ1v) is 20.8. The Labute approximate surface area is 385 Å². The summed E-state index contributed by atoms with van der Waals surface area (Å²) in [5.41, 5.74) is 0. The number of halogens is 5. The maximum Gasteiger partial charge on any atom is 0 e. The van der Waals surface area contributed by atoms with Crippen LogP contribution in [-0.4, -0.2) is 0 Å². The van der Waals surface area contributed by atoms with Gasteiger partial charge in [0.2, 0.25) is 0 Å². The van der Waals surface area contributed by atoms with Gasteiger partial charge in [0.15, 0.2) is 0 Å². The number of hydrogen-bond acceptors (Lipinski definition) is 0. The predicted octanol–water partition coefficient (Wildman–Crippen LogP) is 9.86. The van der Waals surface area contributed by atoms with Crippen molar-refractivity contribution in [2.75, 3.05) is 0 Å². The van der Waals surface area contributed by atoms with Gasteiger partial charge in [-0.25, -0.2) is 18.3 Å². The third kappa shape index (κ3) is 16.3. The van der Waals surface area contributed by atoms with E-state index in [1.165, 1.54) is 31.8 Å². The summed E-state index contributed by atoms with van der Waals surface area (Å²) in [5.74, 6) is -10.0. The molecule has 0 unspecified atom stereocenters. The molecular weight excluding hydrogens is 1110 g/mol. The molecule has 0 spiro atoms. The van der Waals surface area contributed by atoms with Gasteiger partial charge in [0.05, 0.1) is 29.1 Å². The van der Waals surface area contributed by atoms with E-state index >= 15 is 0 Å². The van der Waals surface area contributed by atoms with E-state index in [0.717, 1.165) is 6.07 Å². The van der Waals surface area contributed by atoms with Gasteiger partial charge < -0.3 is 0 Å². The minimum Gasteiger partial charge on any atom is -0.210 e. The Hall–Kier alpha value is -4.13. The van der Waals surface area contributed by atoms with Gasteiger partial charge in [-0.1, -0.05) is 182 Å². The van der Waals surface area contributed by atoms with E-state index in [-0.39, 0.29) is 43.4 Å². The van der Waals surface area contributed by atoms with Crippen molar-refractivity contribution in [2.45, 2.75) is 0 Å². The molecule has 0 fully saturated rings. The molecule has 7 rings (SSSR count). The molecule has 0 aliphatic carbocycles. The van der Waals surface area contributed by atoms with Crippen LogP contribution in [0.15, 0.2) is 182 Å². The molecule has 0 aliphatic rings. The molecule has 7 aromatic carbocycles. The van der Waals surface area contributed by atoms with E-state index in [9.17, 15) is 22.0 Å². The average molecular weight is 1140 g/mol. The second kappa shape index (κ2) is 32.6. The number of hydrogen-bond donors (Lipinski definition) is 0. The van der Waals surface area contributed by atoms with Gasteiger partial charge in [-0.3, -0.25) is 8.78 Å². The zero-order valence-electron chi connectivity index (χ0n) is 31.4. The molecule has 0 aliphatic heterocycles. The Morgan fingerprint density at radius 3 is 0.656 bits per heavy atom. The van der Waals surface area contributed by atoms with Crippen molar-refractivity contribution in [3.63, 3.8) is 0 Å². The van der Waals surface area contributed by atoms with Crippen LogP contribution >= 0.6 is 23.8 Å². The van der Waals surface area contributed by atoms with Crippen LogP contribution in [0.5, 0.6) is 0 Å². The maximum atomic E-state index is 12.0. The summed E-state index contributed by atoms with van der Waals surface area (Å²) < 4.78 is 89.9. The Kier molecular flexibility index (Phi) is 30.4. The first kappa shape index (κ1) is 56.9. The van der Waals surface area contributed by atoms with Crippen LogP contribution in [0.2, 0.25) is 0 Å². The summed E-state index contributed by atoms with van der Waals surface area (Å²) in [6, 6.07) is 68.3. The molecule has 0 aromatic heterocycles. The van der Waals surface area contributed by atoms with Crippen molar-refractivity contribution in [3.05, 3.63) is 249 Å². The van der Waals surface area contributed by atoms with Crippen molar-refractivity contribution in [2.24, 2.45) is 0 Å². The first-order chi connectivity index (χ1) is 28.9. The molecule has 0 amide bonds. The summed E-state index contributed by atoms with van der Waals surface area (Å²) in [5, 5.41) is 10.0. The molecule has 0 saturated heterocycles. The summed E-state index contributed by atoms with van der Waals surface area (Å²) in [6.07, 6.45) is 0. The average Bonchev–Trinajstić information content (AvgIpc) is 3.33. The summed E-state index contributed by atoms with van der Waals surface area (Å²) in [6.45, 7) is 18.0. The van der Waals surface area contributed by atoms with Crippen molar-refractivity contribution in [1.82, 2.24) is 0 Å². The van der Waals surface area contributed by atoms with Crippen LogP contribution in [0.1, 0.15) is 0 Å². The Balaban J connectivity index is 0.00000146. The molecule has 4 nitrogen and oxygen atoms in total.